The third-order valence-corrected chi connectivity index (χ3v) is 6.77. The minimum Gasteiger partial charge on any atom is -0.340 e. The van der Waals surface area contributed by atoms with Gasteiger partial charge < -0.3 is 4.90 Å². The highest BCUT2D eigenvalue weighted by Gasteiger charge is 2.33. The van der Waals surface area contributed by atoms with E-state index in [4.69, 9.17) is 11.6 Å². The van der Waals surface area contributed by atoms with Crippen LogP contribution in [-0.2, 0) is 21.2 Å². The second-order valence-electron chi connectivity index (χ2n) is 6.25. The van der Waals surface area contributed by atoms with Crippen molar-refractivity contribution in [2.24, 2.45) is 0 Å². The summed E-state index contributed by atoms with van der Waals surface area (Å²) in [5, 5.41) is 0.464. The predicted octanol–water partition coefficient (Wildman–Crippen LogP) is 2.83. The van der Waals surface area contributed by atoms with Gasteiger partial charge in [-0.15, -0.1) is 0 Å². The lowest BCUT2D eigenvalue weighted by molar-refractivity contribution is -0.131. The van der Waals surface area contributed by atoms with Crippen LogP contribution >= 0.6 is 11.6 Å². The molecule has 0 saturated carbocycles. The van der Waals surface area contributed by atoms with Gasteiger partial charge in [-0.2, -0.15) is 4.31 Å². The SMILES string of the molecule is O=C(Cc1ccccc1Cl)N1CCN(S(=O)(=O)c2cc(F)c(F)cc2F)CC1. The molecule has 28 heavy (non-hydrogen) atoms. The Kier molecular flexibility index (Phi) is 5.97. The minimum absolute atomic E-state index is 0.0736. The first-order valence-electron chi connectivity index (χ1n) is 8.36. The van der Waals surface area contributed by atoms with Crippen LogP contribution in [0.3, 0.4) is 0 Å². The number of rotatable bonds is 4. The number of hydrogen-bond acceptors (Lipinski definition) is 3. The average molecular weight is 433 g/mol. The molecule has 1 amide bonds. The molecule has 0 spiro atoms. The van der Waals surface area contributed by atoms with Gasteiger partial charge in [-0.05, 0) is 17.7 Å². The summed E-state index contributed by atoms with van der Waals surface area (Å²) in [6.07, 6.45) is 0.0736. The molecule has 5 nitrogen and oxygen atoms in total. The number of nitrogens with zero attached hydrogens (tertiary/aromatic N) is 2. The first-order valence-corrected chi connectivity index (χ1v) is 10.2. The van der Waals surface area contributed by atoms with E-state index < -0.39 is 32.4 Å². The minimum atomic E-state index is -4.35. The normalized spacial score (nSPS) is 15.6. The number of sulfonamides is 1. The molecule has 1 heterocycles. The highest BCUT2D eigenvalue weighted by molar-refractivity contribution is 7.89. The monoisotopic (exact) mass is 432 g/mol. The highest BCUT2D eigenvalue weighted by Crippen LogP contribution is 2.24. The van der Waals surface area contributed by atoms with Crippen LogP contribution in [0.2, 0.25) is 5.02 Å². The fourth-order valence-electron chi connectivity index (χ4n) is 2.94. The Morgan fingerprint density at radius 1 is 0.964 bits per heavy atom. The Morgan fingerprint density at radius 3 is 2.21 bits per heavy atom. The van der Waals surface area contributed by atoms with E-state index in [0.29, 0.717) is 16.7 Å². The molecule has 0 atom stereocenters. The summed E-state index contributed by atoms with van der Waals surface area (Å²) in [5.74, 6) is -4.50. The summed E-state index contributed by atoms with van der Waals surface area (Å²) in [6, 6.07) is 7.44. The number of amides is 1. The van der Waals surface area contributed by atoms with Crippen LogP contribution in [0, 0.1) is 17.5 Å². The van der Waals surface area contributed by atoms with Gasteiger partial charge in [0.15, 0.2) is 11.6 Å². The van der Waals surface area contributed by atoms with Crippen LogP contribution in [-0.4, -0.2) is 49.7 Å². The summed E-state index contributed by atoms with van der Waals surface area (Å²) in [4.78, 5) is 13.0. The molecule has 150 valence electrons. The van der Waals surface area contributed by atoms with E-state index in [2.05, 4.69) is 0 Å². The quantitative estimate of drug-likeness (QED) is 0.698. The van der Waals surface area contributed by atoms with Crippen molar-refractivity contribution in [1.29, 1.82) is 0 Å². The summed E-state index contributed by atoms with van der Waals surface area (Å²) in [6.45, 7) is 0.00564. The zero-order valence-electron chi connectivity index (χ0n) is 14.5. The summed E-state index contributed by atoms with van der Waals surface area (Å²) < 4.78 is 66.4. The summed E-state index contributed by atoms with van der Waals surface area (Å²) in [5.41, 5.74) is 0.660. The molecule has 1 aliphatic rings. The summed E-state index contributed by atoms with van der Waals surface area (Å²) in [7, 11) is -4.35. The van der Waals surface area contributed by atoms with Crippen molar-refractivity contribution in [1.82, 2.24) is 9.21 Å². The molecule has 1 fully saturated rings. The highest BCUT2D eigenvalue weighted by atomic mass is 35.5. The lowest BCUT2D eigenvalue weighted by Gasteiger charge is -2.34. The van der Waals surface area contributed by atoms with Crippen molar-refractivity contribution in [2.75, 3.05) is 26.2 Å². The number of halogens is 4. The second-order valence-corrected chi connectivity index (χ2v) is 8.56. The third kappa shape index (κ3) is 4.16. The average Bonchev–Trinajstić information content (AvgIpc) is 2.66. The van der Waals surface area contributed by atoms with E-state index in [-0.39, 0.29) is 44.6 Å². The van der Waals surface area contributed by atoms with Crippen molar-refractivity contribution in [3.05, 3.63) is 64.4 Å². The molecule has 2 aromatic rings. The van der Waals surface area contributed by atoms with Crippen molar-refractivity contribution in [3.63, 3.8) is 0 Å². The molecule has 1 aliphatic heterocycles. The van der Waals surface area contributed by atoms with Crippen LogP contribution in [0.5, 0.6) is 0 Å². The van der Waals surface area contributed by atoms with Gasteiger partial charge in [0.05, 0.1) is 6.42 Å². The van der Waals surface area contributed by atoms with Crippen LogP contribution in [0.1, 0.15) is 5.56 Å². The van der Waals surface area contributed by atoms with E-state index in [1.165, 1.54) is 4.90 Å². The Bertz CT molecular complexity index is 1010. The van der Waals surface area contributed by atoms with Crippen LogP contribution < -0.4 is 0 Å². The van der Waals surface area contributed by atoms with Gasteiger partial charge >= 0.3 is 0 Å². The predicted molar refractivity (Wildman–Crippen MR) is 96.8 cm³/mol. The van der Waals surface area contributed by atoms with Gasteiger partial charge in [-0.3, -0.25) is 4.79 Å². The third-order valence-electron chi connectivity index (χ3n) is 4.48. The maximum atomic E-state index is 13.9. The van der Waals surface area contributed by atoms with Crippen molar-refractivity contribution in [3.8, 4) is 0 Å². The zero-order valence-corrected chi connectivity index (χ0v) is 16.1. The Balaban J connectivity index is 1.69. The number of benzene rings is 2. The Morgan fingerprint density at radius 2 is 1.57 bits per heavy atom. The maximum Gasteiger partial charge on any atom is 0.246 e. The molecule has 0 aromatic heterocycles. The first-order chi connectivity index (χ1) is 13.2. The van der Waals surface area contributed by atoms with E-state index in [9.17, 15) is 26.4 Å². The lowest BCUT2D eigenvalue weighted by atomic mass is 10.1. The fraction of sp³-hybridized carbons (Fsp3) is 0.278. The first kappa shape index (κ1) is 20.6. The standard InChI is InChI=1S/C18H16ClF3N2O3S/c19-13-4-2-1-3-12(13)9-18(25)23-5-7-24(8-6-23)28(26,27)17-11-15(21)14(20)10-16(17)22/h1-4,10-11H,5-9H2. The Labute approximate surface area is 165 Å². The molecule has 2 aromatic carbocycles. The van der Waals surface area contributed by atoms with E-state index >= 15 is 0 Å². The van der Waals surface area contributed by atoms with Crippen molar-refractivity contribution < 1.29 is 26.4 Å². The van der Waals surface area contributed by atoms with Gasteiger partial charge in [0.1, 0.15) is 10.7 Å². The molecular formula is C18H16ClF3N2O3S. The molecular weight excluding hydrogens is 417 g/mol. The molecule has 3 rings (SSSR count). The number of hydrogen-bond donors (Lipinski definition) is 0. The number of carbonyl (C=O) groups excluding carboxylic acids is 1. The molecule has 0 aliphatic carbocycles. The van der Waals surface area contributed by atoms with E-state index in [1.807, 2.05) is 0 Å². The van der Waals surface area contributed by atoms with Crippen molar-refractivity contribution >= 4 is 27.5 Å². The largest absolute Gasteiger partial charge is 0.340 e. The van der Waals surface area contributed by atoms with Gasteiger partial charge in [0.25, 0.3) is 0 Å². The maximum absolute atomic E-state index is 13.9. The van der Waals surface area contributed by atoms with Crippen LogP contribution in [0.25, 0.3) is 0 Å². The Hall–Kier alpha value is -2.10. The van der Waals surface area contributed by atoms with Gasteiger partial charge in [-0.25, -0.2) is 21.6 Å². The van der Waals surface area contributed by atoms with Gasteiger partial charge in [0.2, 0.25) is 15.9 Å². The summed E-state index contributed by atoms with van der Waals surface area (Å²) >= 11 is 6.05. The number of piperazine rings is 1. The van der Waals surface area contributed by atoms with Gasteiger partial charge in [-0.1, -0.05) is 29.8 Å². The number of carbonyl (C=O) groups is 1. The molecule has 0 bridgehead atoms. The topological polar surface area (TPSA) is 57.7 Å². The van der Waals surface area contributed by atoms with E-state index in [1.54, 1.807) is 24.3 Å². The lowest BCUT2D eigenvalue weighted by Crippen LogP contribution is -2.51. The van der Waals surface area contributed by atoms with Crippen LogP contribution in [0.15, 0.2) is 41.3 Å². The van der Waals surface area contributed by atoms with Crippen LogP contribution in [0.4, 0.5) is 13.2 Å². The zero-order chi connectivity index (χ0) is 20.5. The molecule has 0 radical (unpaired) electrons. The smallest absolute Gasteiger partial charge is 0.246 e. The molecule has 1 saturated heterocycles. The second kappa shape index (κ2) is 8.10. The van der Waals surface area contributed by atoms with Gasteiger partial charge in [0, 0.05) is 37.3 Å². The molecule has 10 heteroatoms. The van der Waals surface area contributed by atoms with E-state index in [0.717, 1.165) is 4.31 Å². The molecule has 0 unspecified atom stereocenters. The fourth-order valence-corrected chi connectivity index (χ4v) is 4.62. The van der Waals surface area contributed by atoms with Crippen molar-refractivity contribution in [2.45, 2.75) is 11.3 Å². The molecule has 0 N–H and O–H groups in total.